The third-order valence-electron chi connectivity index (χ3n) is 8.72. The maximum atomic E-state index is 16.1. The van der Waals surface area contributed by atoms with Crippen molar-refractivity contribution in [1.29, 1.82) is 0 Å². The van der Waals surface area contributed by atoms with Crippen LogP contribution in [-0.2, 0) is 23.1 Å². The first-order chi connectivity index (χ1) is 23.1. The van der Waals surface area contributed by atoms with Crippen molar-refractivity contribution in [1.82, 2.24) is 29.2 Å². The molecule has 0 bridgehead atoms. The van der Waals surface area contributed by atoms with Gasteiger partial charge in [-0.25, -0.2) is 23.1 Å². The van der Waals surface area contributed by atoms with Crippen LogP contribution >= 0.6 is 11.3 Å². The van der Waals surface area contributed by atoms with E-state index in [0.29, 0.717) is 33.9 Å². The first-order valence-electron chi connectivity index (χ1n) is 15.3. The third kappa shape index (κ3) is 5.13. The van der Waals surface area contributed by atoms with Gasteiger partial charge in [-0.3, -0.25) is 9.48 Å². The number of pyridine rings is 1. The van der Waals surface area contributed by atoms with Gasteiger partial charge in [-0.15, -0.1) is 11.3 Å². The van der Waals surface area contributed by atoms with E-state index in [0.717, 1.165) is 34.5 Å². The van der Waals surface area contributed by atoms with Crippen molar-refractivity contribution in [2.45, 2.75) is 32.5 Å². The van der Waals surface area contributed by atoms with Gasteiger partial charge < -0.3 is 18.9 Å². The maximum absolute atomic E-state index is 16.1. The molecule has 13 heteroatoms. The first-order valence-corrected chi connectivity index (χ1v) is 16.1. The highest BCUT2D eigenvalue weighted by Gasteiger charge is 2.35. The lowest BCUT2D eigenvalue weighted by Gasteiger charge is -2.38. The topological polar surface area (TPSA) is 87.3 Å². The van der Waals surface area contributed by atoms with Crippen LogP contribution in [0.1, 0.15) is 25.6 Å². The number of thiophene rings is 1. The molecule has 9 nitrogen and oxygen atoms in total. The number of fused-ring (bicyclic) bond motifs is 3. The van der Waals surface area contributed by atoms with E-state index in [9.17, 15) is 9.18 Å². The molecule has 0 radical (unpaired) electrons. The van der Waals surface area contributed by atoms with Crippen LogP contribution in [0, 0.1) is 17.5 Å². The summed E-state index contributed by atoms with van der Waals surface area (Å²) in [7, 11) is 3.37. The lowest BCUT2D eigenvalue weighted by atomic mass is 9.94. The van der Waals surface area contributed by atoms with E-state index in [-0.39, 0.29) is 59.2 Å². The second-order valence-electron chi connectivity index (χ2n) is 11.7. The summed E-state index contributed by atoms with van der Waals surface area (Å²) in [5, 5.41) is 6.33. The molecule has 0 N–H and O–H groups in total. The minimum atomic E-state index is -0.950. The van der Waals surface area contributed by atoms with Crippen LogP contribution in [0.5, 0.6) is 5.75 Å². The fourth-order valence-electron chi connectivity index (χ4n) is 6.54. The number of hydrogen-bond donors (Lipinski definition) is 0. The number of halogens is 3. The minimum Gasteiger partial charge on any atom is -0.490 e. The number of nitrogens with zero attached hydrogens (tertiary/aromatic N) is 6. The molecule has 1 aliphatic rings. The zero-order valence-electron chi connectivity index (χ0n) is 26.6. The Labute approximate surface area is 277 Å². The van der Waals surface area contributed by atoms with Gasteiger partial charge in [0.05, 0.1) is 58.2 Å². The molecule has 4 aromatic heterocycles. The molecule has 2 aromatic carbocycles. The van der Waals surface area contributed by atoms with Crippen molar-refractivity contribution in [2.24, 2.45) is 7.05 Å². The molecule has 48 heavy (non-hydrogen) atoms. The summed E-state index contributed by atoms with van der Waals surface area (Å²) in [5.41, 5.74) is 3.87. The fraction of sp³-hybridized carbons (Fsp3) is 0.257. The smallest absolute Gasteiger partial charge is 0.246 e. The average molecular weight is 673 g/mol. The highest BCUT2D eigenvalue weighted by Crippen LogP contribution is 2.48. The molecule has 1 aliphatic heterocycles. The SMILES string of the molecule is C=CC(=O)N1C(C)Cn2nc(-c3nc(-c4ccc5c(c4)ncn5C)c4scc(F)c4c3-c3c(F)cc(F)cc3OCCOC)cc2C1C. The highest BCUT2D eigenvalue weighted by molar-refractivity contribution is 7.17. The Morgan fingerprint density at radius 3 is 2.67 bits per heavy atom. The van der Waals surface area contributed by atoms with Gasteiger partial charge in [0, 0.05) is 54.2 Å². The van der Waals surface area contributed by atoms with E-state index < -0.39 is 17.5 Å². The predicted octanol–water partition coefficient (Wildman–Crippen LogP) is 7.30. The molecule has 0 saturated heterocycles. The number of ether oxygens (including phenoxy) is 2. The number of imidazole rings is 1. The van der Waals surface area contributed by atoms with E-state index in [2.05, 4.69) is 11.6 Å². The molecule has 5 heterocycles. The molecule has 0 spiro atoms. The lowest BCUT2D eigenvalue weighted by Crippen LogP contribution is -2.46. The standard InChI is InChI=1S/C35H31F3N6O3S/c1-6-29(45)44-18(2)15-43-27(19(44)3)14-25(41-43)34-32(30-22(37)12-21(36)13-28(30)47-10-9-46-5)31-23(38)16-48-35(31)33(40-34)20-7-8-26-24(11-20)39-17-42(26)4/h6-8,11-14,16-19H,1,9-10,15H2,2-5H3. The molecule has 0 fully saturated rings. The summed E-state index contributed by atoms with van der Waals surface area (Å²) in [6, 6.07) is 8.66. The second kappa shape index (κ2) is 12.2. The van der Waals surface area contributed by atoms with Gasteiger partial charge in [0.1, 0.15) is 41.2 Å². The Kier molecular flexibility index (Phi) is 8.04. The number of benzene rings is 2. The van der Waals surface area contributed by atoms with Crippen molar-refractivity contribution in [2.75, 3.05) is 20.3 Å². The zero-order valence-corrected chi connectivity index (χ0v) is 27.4. The average Bonchev–Trinajstić information content (AvgIpc) is 3.77. The number of aryl methyl sites for hydroxylation is 1. The zero-order chi connectivity index (χ0) is 33.9. The van der Waals surface area contributed by atoms with Crippen LogP contribution in [0.15, 0.2) is 60.8 Å². The predicted molar refractivity (Wildman–Crippen MR) is 178 cm³/mol. The monoisotopic (exact) mass is 672 g/mol. The maximum Gasteiger partial charge on any atom is 0.246 e. The molecule has 246 valence electrons. The van der Waals surface area contributed by atoms with E-state index >= 15 is 8.78 Å². The lowest BCUT2D eigenvalue weighted by molar-refractivity contribution is -0.131. The van der Waals surface area contributed by atoms with Crippen molar-refractivity contribution in [3.8, 4) is 39.5 Å². The summed E-state index contributed by atoms with van der Waals surface area (Å²) in [4.78, 5) is 24.1. The van der Waals surface area contributed by atoms with Gasteiger partial charge in [-0.2, -0.15) is 5.10 Å². The van der Waals surface area contributed by atoms with Gasteiger partial charge in [-0.1, -0.05) is 12.6 Å². The van der Waals surface area contributed by atoms with E-state index in [1.165, 1.54) is 18.6 Å². The molecular weight excluding hydrogens is 641 g/mol. The van der Waals surface area contributed by atoms with E-state index in [1.807, 2.05) is 43.7 Å². The number of methoxy groups -OCH3 is 1. The second-order valence-corrected chi connectivity index (χ2v) is 12.6. The van der Waals surface area contributed by atoms with Gasteiger partial charge >= 0.3 is 0 Å². The van der Waals surface area contributed by atoms with Gasteiger partial charge in [0.25, 0.3) is 0 Å². The van der Waals surface area contributed by atoms with Crippen LogP contribution < -0.4 is 4.74 Å². The molecule has 2 unspecified atom stereocenters. The number of amides is 1. The van der Waals surface area contributed by atoms with E-state index in [4.69, 9.17) is 19.6 Å². The van der Waals surface area contributed by atoms with Crippen molar-refractivity contribution >= 4 is 38.4 Å². The summed E-state index contributed by atoms with van der Waals surface area (Å²) in [5.74, 6) is -2.76. The summed E-state index contributed by atoms with van der Waals surface area (Å²) in [6.07, 6.45) is 2.98. The van der Waals surface area contributed by atoms with Crippen LogP contribution in [-0.4, -0.2) is 61.5 Å². The Hall–Kier alpha value is -5.01. The van der Waals surface area contributed by atoms with Crippen molar-refractivity contribution < 1.29 is 27.4 Å². The van der Waals surface area contributed by atoms with E-state index in [1.54, 1.807) is 22.0 Å². The number of carbonyl (C=O) groups excluding carboxylic acids is 1. The number of rotatable bonds is 8. The quantitative estimate of drug-likeness (QED) is 0.125. The normalized spacial score (nSPS) is 16.1. The molecule has 6 aromatic rings. The Balaban J connectivity index is 1.54. The molecule has 7 rings (SSSR count). The fourth-order valence-corrected chi connectivity index (χ4v) is 7.47. The number of aromatic nitrogens is 5. The number of carbonyl (C=O) groups is 1. The van der Waals surface area contributed by atoms with Gasteiger partial charge in [0.2, 0.25) is 5.91 Å². The summed E-state index contributed by atoms with van der Waals surface area (Å²) < 4.78 is 62.0. The first kappa shape index (κ1) is 31.6. The Bertz CT molecular complexity index is 2240. The Morgan fingerprint density at radius 1 is 1.08 bits per heavy atom. The summed E-state index contributed by atoms with van der Waals surface area (Å²) >= 11 is 1.13. The molecule has 1 amide bonds. The van der Waals surface area contributed by atoms with Crippen LogP contribution in [0.3, 0.4) is 0 Å². The minimum absolute atomic E-state index is 0.00602. The Morgan fingerprint density at radius 2 is 1.90 bits per heavy atom. The van der Waals surface area contributed by atoms with Crippen molar-refractivity contribution in [3.63, 3.8) is 0 Å². The summed E-state index contributed by atoms with van der Waals surface area (Å²) in [6.45, 7) is 7.99. The molecular formula is C35H31F3N6O3S. The van der Waals surface area contributed by atoms with Gasteiger partial charge in [0.15, 0.2) is 0 Å². The van der Waals surface area contributed by atoms with Gasteiger partial charge in [-0.05, 0) is 38.1 Å². The number of hydrogen-bond acceptors (Lipinski definition) is 7. The van der Waals surface area contributed by atoms with Crippen LogP contribution in [0.25, 0.3) is 54.9 Å². The van der Waals surface area contributed by atoms with Crippen molar-refractivity contribution in [3.05, 3.63) is 83.9 Å². The van der Waals surface area contributed by atoms with Crippen LogP contribution in [0.2, 0.25) is 0 Å². The van der Waals surface area contributed by atoms with Crippen LogP contribution in [0.4, 0.5) is 13.2 Å². The molecule has 0 saturated carbocycles. The molecule has 2 atom stereocenters. The largest absolute Gasteiger partial charge is 0.490 e. The third-order valence-corrected chi connectivity index (χ3v) is 9.68. The molecule has 0 aliphatic carbocycles. The highest BCUT2D eigenvalue weighted by atomic mass is 32.1.